The third-order valence-corrected chi connectivity index (χ3v) is 4.21. The Morgan fingerprint density at radius 3 is 2.62 bits per heavy atom. The molecule has 1 aromatic carbocycles. The lowest BCUT2D eigenvalue weighted by atomic mass is 10.1. The van der Waals surface area contributed by atoms with Gasteiger partial charge in [0, 0.05) is 31.9 Å². The van der Waals surface area contributed by atoms with Gasteiger partial charge >= 0.3 is 0 Å². The van der Waals surface area contributed by atoms with Crippen LogP contribution in [-0.2, 0) is 9.53 Å². The summed E-state index contributed by atoms with van der Waals surface area (Å²) in [6.45, 7) is 7.33. The molecule has 0 spiro atoms. The number of anilines is 1. The molecule has 5 nitrogen and oxygen atoms in total. The molecule has 0 bridgehead atoms. The average Bonchev–Trinajstić information content (AvgIpc) is 3.13. The predicted octanol–water partition coefficient (Wildman–Crippen LogP) is 2.73. The van der Waals surface area contributed by atoms with E-state index in [2.05, 4.69) is 24.1 Å². The highest BCUT2D eigenvalue weighted by Gasteiger charge is 2.17. The molecule has 24 heavy (non-hydrogen) atoms. The normalized spacial score (nSPS) is 17.4. The number of rotatable bonds is 7. The van der Waals surface area contributed by atoms with E-state index >= 15 is 0 Å². The summed E-state index contributed by atoms with van der Waals surface area (Å²) in [6.07, 6.45) is 3.68. The number of amides is 1. The summed E-state index contributed by atoms with van der Waals surface area (Å²) in [7, 11) is 0. The molecular formula is C19H25N3O2. The molecule has 1 aliphatic rings. The summed E-state index contributed by atoms with van der Waals surface area (Å²) < 4.78 is 5.47. The van der Waals surface area contributed by atoms with Crippen molar-refractivity contribution in [3.8, 4) is 6.07 Å². The van der Waals surface area contributed by atoms with E-state index in [-0.39, 0.29) is 17.6 Å². The fourth-order valence-electron chi connectivity index (χ4n) is 2.79. The van der Waals surface area contributed by atoms with Crippen molar-refractivity contribution in [2.45, 2.75) is 32.8 Å². The molecule has 1 saturated heterocycles. The predicted molar refractivity (Wildman–Crippen MR) is 95.6 cm³/mol. The quantitative estimate of drug-likeness (QED) is 0.618. The molecule has 1 N–H and O–H groups in total. The number of nitrogens with zero attached hydrogens (tertiary/aromatic N) is 2. The van der Waals surface area contributed by atoms with Crippen LogP contribution in [0.2, 0.25) is 0 Å². The maximum atomic E-state index is 12.1. The van der Waals surface area contributed by atoms with Gasteiger partial charge < -0.3 is 15.0 Å². The van der Waals surface area contributed by atoms with Crippen molar-refractivity contribution in [1.82, 2.24) is 5.32 Å². The lowest BCUT2D eigenvalue weighted by Crippen LogP contribution is -2.32. The molecule has 5 heteroatoms. The van der Waals surface area contributed by atoms with Crippen LogP contribution in [0.1, 0.15) is 32.3 Å². The summed E-state index contributed by atoms with van der Waals surface area (Å²) in [5.41, 5.74) is 2.09. The zero-order valence-corrected chi connectivity index (χ0v) is 14.4. The summed E-state index contributed by atoms with van der Waals surface area (Å²) in [6, 6.07) is 9.87. The van der Waals surface area contributed by atoms with Crippen molar-refractivity contribution < 1.29 is 9.53 Å². The maximum Gasteiger partial charge on any atom is 0.262 e. The number of nitriles is 1. The molecule has 1 fully saturated rings. The van der Waals surface area contributed by atoms with Crippen LogP contribution >= 0.6 is 0 Å². The van der Waals surface area contributed by atoms with Gasteiger partial charge in [0.25, 0.3) is 5.91 Å². The van der Waals surface area contributed by atoms with Crippen LogP contribution in [0, 0.1) is 11.3 Å². The Bertz CT molecular complexity index is 606. The third-order valence-electron chi connectivity index (χ3n) is 4.21. The highest BCUT2D eigenvalue weighted by Crippen LogP contribution is 2.17. The van der Waals surface area contributed by atoms with Gasteiger partial charge in [0.2, 0.25) is 0 Å². The number of carbonyl (C=O) groups is 1. The van der Waals surface area contributed by atoms with Crippen molar-refractivity contribution in [2.75, 3.05) is 31.1 Å². The third kappa shape index (κ3) is 4.84. The monoisotopic (exact) mass is 327 g/mol. The smallest absolute Gasteiger partial charge is 0.262 e. The number of hydrogen-bond donors (Lipinski definition) is 1. The van der Waals surface area contributed by atoms with E-state index in [1.54, 1.807) is 6.08 Å². The Kier molecular flexibility index (Phi) is 6.83. The van der Waals surface area contributed by atoms with Crippen molar-refractivity contribution >= 4 is 17.7 Å². The van der Waals surface area contributed by atoms with Crippen LogP contribution in [0.15, 0.2) is 29.8 Å². The van der Waals surface area contributed by atoms with E-state index in [0.29, 0.717) is 6.54 Å². The second kappa shape index (κ2) is 9.09. The molecule has 0 aromatic heterocycles. The van der Waals surface area contributed by atoms with Gasteiger partial charge in [-0.1, -0.05) is 12.1 Å². The van der Waals surface area contributed by atoms with Crippen molar-refractivity contribution in [2.24, 2.45) is 0 Å². The lowest BCUT2D eigenvalue weighted by Gasteiger charge is -2.20. The van der Waals surface area contributed by atoms with Crippen LogP contribution in [0.25, 0.3) is 6.08 Å². The van der Waals surface area contributed by atoms with E-state index in [1.807, 2.05) is 30.3 Å². The zero-order valence-electron chi connectivity index (χ0n) is 14.4. The number of hydrogen-bond acceptors (Lipinski definition) is 4. The van der Waals surface area contributed by atoms with Crippen LogP contribution < -0.4 is 10.2 Å². The first-order valence-electron chi connectivity index (χ1n) is 8.54. The van der Waals surface area contributed by atoms with E-state index in [4.69, 9.17) is 4.74 Å². The second-order valence-electron chi connectivity index (χ2n) is 5.78. The van der Waals surface area contributed by atoms with Gasteiger partial charge in [-0.25, -0.2) is 0 Å². The Morgan fingerprint density at radius 2 is 2.08 bits per heavy atom. The Labute approximate surface area is 143 Å². The topological polar surface area (TPSA) is 65.4 Å². The summed E-state index contributed by atoms with van der Waals surface area (Å²) >= 11 is 0. The lowest BCUT2D eigenvalue weighted by molar-refractivity contribution is -0.117. The second-order valence-corrected chi connectivity index (χ2v) is 5.78. The molecule has 1 atom stereocenters. The number of carbonyl (C=O) groups excluding carboxylic acids is 1. The SMILES string of the molecule is CCN(CC)c1ccc(/C=C(\C#N)C(=O)NC[C@@H]2CCCO2)cc1. The van der Waals surface area contributed by atoms with Crippen LogP contribution in [-0.4, -0.2) is 38.3 Å². The number of ether oxygens (including phenoxy) is 1. The molecule has 1 heterocycles. The van der Waals surface area contributed by atoms with Gasteiger partial charge in [-0.15, -0.1) is 0 Å². The van der Waals surface area contributed by atoms with E-state index < -0.39 is 0 Å². The fraction of sp³-hybridized carbons (Fsp3) is 0.474. The van der Waals surface area contributed by atoms with E-state index in [9.17, 15) is 10.1 Å². The van der Waals surface area contributed by atoms with E-state index in [0.717, 1.165) is 43.8 Å². The first kappa shape index (κ1) is 18.0. The van der Waals surface area contributed by atoms with Crippen molar-refractivity contribution in [3.05, 3.63) is 35.4 Å². The van der Waals surface area contributed by atoms with Gasteiger partial charge in [0.05, 0.1) is 6.10 Å². The summed E-state index contributed by atoms with van der Waals surface area (Å²) in [5, 5.41) is 12.0. The molecule has 128 valence electrons. The zero-order chi connectivity index (χ0) is 17.4. The van der Waals surface area contributed by atoms with Crippen LogP contribution in [0.3, 0.4) is 0 Å². The molecule has 0 radical (unpaired) electrons. The average molecular weight is 327 g/mol. The molecule has 1 aromatic rings. The molecule has 2 rings (SSSR count). The van der Waals surface area contributed by atoms with Gasteiger partial charge in [-0.05, 0) is 50.5 Å². The minimum atomic E-state index is -0.346. The molecule has 1 aliphatic heterocycles. The Morgan fingerprint density at radius 1 is 1.38 bits per heavy atom. The van der Waals surface area contributed by atoms with Crippen molar-refractivity contribution in [1.29, 1.82) is 5.26 Å². The first-order chi connectivity index (χ1) is 11.7. The highest BCUT2D eigenvalue weighted by atomic mass is 16.5. The van der Waals surface area contributed by atoms with Gasteiger partial charge in [0.1, 0.15) is 11.6 Å². The Hall–Kier alpha value is -2.32. The molecule has 0 aliphatic carbocycles. The first-order valence-corrected chi connectivity index (χ1v) is 8.54. The van der Waals surface area contributed by atoms with Gasteiger partial charge in [0.15, 0.2) is 0 Å². The van der Waals surface area contributed by atoms with Gasteiger partial charge in [-0.2, -0.15) is 5.26 Å². The molecule has 1 amide bonds. The fourth-order valence-corrected chi connectivity index (χ4v) is 2.79. The maximum absolute atomic E-state index is 12.1. The molecule has 0 saturated carbocycles. The molecule has 0 unspecified atom stereocenters. The van der Waals surface area contributed by atoms with E-state index in [1.165, 1.54) is 0 Å². The van der Waals surface area contributed by atoms with Crippen LogP contribution in [0.5, 0.6) is 0 Å². The molecular weight excluding hydrogens is 302 g/mol. The number of benzene rings is 1. The van der Waals surface area contributed by atoms with Crippen molar-refractivity contribution in [3.63, 3.8) is 0 Å². The highest BCUT2D eigenvalue weighted by molar-refractivity contribution is 6.01. The minimum Gasteiger partial charge on any atom is -0.376 e. The van der Waals surface area contributed by atoms with Gasteiger partial charge in [-0.3, -0.25) is 4.79 Å². The Balaban J connectivity index is 2.00. The number of nitrogens with one attached hydrogen (secondary N) is 1. The summed E-state index contributed by atoms with van der Waals surface area (Å²) in [5.74, 6) is -0.346. The van der Waals surface area contributed by atoms with Crippen LogP contribution in [0.4, 0.5) is 5.69 Å². The largest absolute Gasteiger partial charge is 0.376 e. The minimum absolute atomic E-state index is 0.0715. The summed E-state index contributed by atoms with van der Waals surface area (Å²) in [4.78, 5) is 14.4. The standard InChI is InChI=1S/C19H25N3O2/c1-3-22(4-2)17-9-7-15(8-10-17)12-16(13-20)19(23)21-14-18-6-5-11-24-18/h7-10,12,18H,3-6,11,14H2,1-2H3,(H,21,23)/b16-12+/t18-/m0/s1.